The molecule has 0 aromatic heterocycles. The molecule has 1 aliphatic carbocycles. The van der Waals surface area contributed by atoms with Crippen molar-refractivity contribution in [3.63, 3.8) is 0 Å². The lowest BCUT2D eigenvalue weighted by Gasteiger charge is -2.39. The Morgan fingerprint density at radius 3 is 2.50 bits per heavy atom. The molecule has 106 valence electrons. The summed E-state index contributed by atoms with van der Waals surface area (Å²) in [5, 5.41) is 8.77. The summed E-state index contributed by atoms with van der Waals surface area (Å²) < 4.78 is 5.61. The van der Waals surface area contributed by atoms with Gasteiger partial charge in [0.15, 0.2) is 0 Å². The molecule has 1 saturated heterocycles. The number of rotatable bonds is 4. The maximum absolute atomic E-state index is 8.77. The summed E-state index contributed by atoms with van der Waals surface area (Å²) in [4.78, 5) is 2.58. The van der Waals surface area contributed by atoms with Crippen LogP contribution in [0.5, 0.6) is 0 Å². The van der Waals surface area contributed by atoms with E-state index in [1.807, 2.05) is 0 Å². The van der Waals surface area contributed by atoms with Gasteiger partial charge in [-0.05, 0) is 25.7 Å². The number of piperidine rings is 1. The van der Waals surface area contributed by atoms with Gasteiger partial charge in [-0.1, -0.05) is 19.3 Å². The van der Waals surface area contributed by atoms with Crippen molar-refractivity contribution < 1.29 is 9.84 Å². The number of ether oxygens (including phenoxy) is 1. The normalized spacial score (nSPS) is 32.3. The quantitative estimate of drug-likeness (QED) is 0.740. The molecule has 3 N–H and O–H groups in total. The smallest absolute Gasteiger partial charge is 0.0701 e. The number of nitrogens with two attached hydrogens (primary N) is 1. The molecule has 1 saturated carbocycles. The number of aliphatic hydroxyl groups is 1. The maximum Gasteiger partial charge on any atom is 0.0701 e. The van der Waals surface area contributed by atoms with Gasteiger partial charge in [0.1, 0.15) is 0 Å². The van der Waals surface area contributed by atoms with Crippen LogP contribution >= 0.6 is 0 Å². The first-order valence-electron chi connectivity index (χ1n) is 7.53. The molecular formula is C14H28N2O2. The molecule has 4 heteroatoms. The molecule has 18 heavy (non-hydrogen) atoms. The van der Waals surface area contributed by atoms with Crippen LogP contribution < -0.4 is 5.73 Å². The Kier molecular flexibility index (Phi) is 5.89. The van der Waals surface area contributed by atoms with Gasteiger partial charge in [0.25, 0.3) is 0 Å². The van der Waals surface area contributed by atoms with Crippen molar-refractivity contribution in [1.29, 1.82) is 0 Å². The first kappa shape index (κ1) is 14.3. The molecule has 0 aromatic carbocycles. The minimum absolute atomic E-state index is 0.133. The first-order chi connectivity index (χ1) is 8.81. The van der Waals surface area contributed by atoms with E-state index in [4.69, 9.17) is 15.6 Å². The van der Waals surface area contributed by atoms with Gasteiger partial charge in [-0.2, -0.15) is 0 Å². The van der Waals surface area contributed by atoms with Crippen LogP contribution in [0.25, 0.3) is 0 Å². The third-order valence-electron chi connectivity index (χ3n) is 4.42. The third kappa shape index (κ3) is 3.92. The molecule has 2 rings (SSSR count). The molecule has 0 radical (unpaired) electrons. The van der Waals surface area contributed by atoms with Gasteiger partial charge >= 0.3 is 0 Å². The van der Waals surface area contributed by atoms with Crippen molar-refractivity contribution in [1.82, 2.24) is 4.90 Å². The van der Waals surface area contributed by atoms with E-state index in [-0.39, 0.29) is 6.61 Å². The van der Waals surface area contributed by atoms with Crippen molar-refractivity contribution in [3.8, 4) is 0 Å². The highest BCUT2D eigenvalue weighted by molar-refractivity contribution is 4.87. The fourth-order valence-electron chi connectivity index (χ4n) is 3.36. The summed E-state index contributed by atoms with van der Waals surface area (Å²) in [7, 11) is 0. The van der Waals surface area contributed by atoms with E-state index in [0.717, 1.165) is 25.9 Å². The van der Waals surface area contributed by atoms with Crippen molar-refractivity contribution in [3.05, 3.63) is 0 Å². The standard InChI is InChI=1S/C14H28N2O2/c15-13-4-2-1-3-5-14(13)16-8-6-12(7-9-16)18-11-10-17/h12-14,17H,1-11,15H2. The minimum Gasteiger partial charge on any atom is -0.394 e. The second-order valence-electron chi connectivity index (χ2n) is 5.70. The molecular weight excluding hydrogens is 228 g/mol. The molecule has 1 aliphatic heterocycles. The lowest BCUT2D eigenvalue weighted by molar-refractivity contribution is -0.0179. The molecule has 2 fully saturated rings. The van der Waals surface area contributed by atoms with Gasteiger partial charge < -0.3 is 15.6 Å². The number of hydrogen-bond donors (Lipinski definition) is 2. The average molecular weight is 256 g/mol. The lowest BCUT2D eigenvalue weighted by atomic mass is 9.98. The average Bonchev–Trinajstić information content (AvgIpc) is 2.62. The van der Waals surface area contributed by atoms with Gasteiger partial charge in [0.2, 0.25) is 0 Å². The minimum atomic E-state index is 0.133. The van der Waals surface area contributed by atoms with Crippen LogP contribution in [0, 0.1) is 0 Å². The Bertz CT molecular complexity index is 230. The largest absolute Gasteiger partial charge is 0.394 e. The molecule has 2 unspecified atom stereocenters. The van der Waals surface area contributed by atoms with Gasteiger partial charge in [-0.15, -0.1) is 0 Å². The van der Waals surface area contributed by atoms with E-state index in [2.05, 4.69) is 4.90 Å². The zero-order chi connectivity index (χ0) is 12.8. The zero-order valence-electron chi connectivity index (χ0n) is 11.4. The van der Waals surface area contributed by atoms with E-state index in [9.17, 15) is 0 Å². The predicted molar refractivity (Wildman–Crippen MR) is 72.5 cm³/mol. The van der Waals surface area contributed by atoms with E-state index in [1.165, 1.54) is 32.1 Å². The van der Waals surface area contributed by atoms with Gasteiger partial charge in [0.05, 0.1) is 19.3 Å². The summed E-state index contributed by atoms with van der Waals surface area (Å²) in [6.45, 7) is 2.82. The van der Waals surface area contributed by atoms with Crippen LogP contribution in [0.15, 0.2) is 0 Å². The highest BCUT2D eigenvalue weighted by Crippen LogP contribution is 2.24. The third-order valence-corrected chi connectivity index (χ3v) is 4.42. The van der Waals surface area contributed by atoms with Crippen LogP contribution in [-0.2, 0) is 4.74 Å². The van der Waals surface area contributed by atoms with Crippen molar-refractivity contribution in [2.75, 3.05) is 26.3 Å². The predicted octanol–water partition coefficient (Wildman–Crippen LogP) is 1.12. The number of nitrogens with zero attached hydrogens (tertiary/aromatic N) is 1. The number of likely N-dealkylation sites (tertiary alicyclic amines) is 1. The van der Waals surface area contributed by atoms with Crippen LogP contribution in [-0.4, -0.2) is 54.5 Å². The summed E-state index contributed by atoms with van der Waals surface area (Å²) in [5.74, 6) is 0. The Hall–Kier alpha value is -0.160. The molecule has 0 amide bonds. The van der Waals surface area contributed by atoms with Crippen molar-refractivity contribution >= 4 is 0 Å². The molecule has 4 nitrogen and oxygen atoms in total. The maximum atomic E-state index is 8.77. The Morgan fingerprint density at radius 2 is 1.78 bits per heavy atom. The van der Waals surface area contributed by atoms with Crippen molar-refractivity contribution in [2.24, 2.45) is 5.73 Å². The lowest BCUT2D eigenvalue weighted by Crippen LogP contribution is -2.51. The fourth-order valence-corrected chi connectivity index (χ4v) is 3.36. The van der Waals surface area contributed by atoms with Crippen molar-refractivity contribution in [2.45, 2.75) is 63.1 Å². The van der Waals surface area contributed by atoms with Gasteiger partial charge in [-0.25, -0.2) is 0 Å². The Morgan fingerprint density at radius 1 is 1.06 bits per heavy atom. The summed E-state index contributed by atoms with van der Waals surface area (Å²) in [6.07, 6.45) is 8.95. The monoisotopic (exact) mass is 256 g/mol. The van der Waals surface area contributed by atoms with E-state index >= 15 is 0 Å². The van der Waals surface area contributed by atoms with Gasteiger partial charge in [0, 0.05) is 25.2 Å². The Labute approximate surface area is 110 Å². The van der Waals surface area contributed by atoms with Crippen LogP contribution in [0.1, 0.15) is 44.9 Å². The number of hydrogen-bond acceptors (Lipinski definition) is 4. The van der Waals surface area contributed by atoms with Crippen LogP contribution in [0.2, 0.25) is 0 Å². The topological polar surface area (TPSA) is 58.7 Å². The van der Waals surface area contributed by atoms with Crippen LogP contribution in [0.4, 0.5) is 0 Å². The second kappa shape index (κ2) is 7.43. The Balaban J connectivity index is 1.77. The molecule has 0 bridgehead atoms. The highest BCUT2D eigenvalue weighted by atomic mass is 16.5. The van der Waals surface area contributed by atoms with Gasteiger partial charge in [-0.3, -0.25) is 4.90 Å². The first-order valence-corrected chi connectivity index (χ1v) is 7.53. The molecule has 0 aromatic rings. The molecule has 1 heterocycles. The second-order valence-corrected chi connectivity index (χ2v) is 5.70. The summed E-state index contributed by atoms with van der Waals surface area (Å²) in [6, 6.07) is 0.953. The highest BCUT2D eigenvalue weighted by Gasteiger charge is 2.29. The molecule has 0 spiro atoms. The number of aliphatic hydroxyl groups excluding tert-OH is 1. The van der Waals surface area contributed by atoms with Crippen LogP contribution in [0.3, 0.4) is 0 Å². The fraction of sp³-hybridized carbons (Fsp3) is 1.00. The van der Waals surface area contributed by atoms with E-state index in [1.54, 1.807) is 0 Å². The molecule has 2 aliphatic rings. The SMILES string of the molecule is NC1CCCCCC1N1CCC(OCCO)CC1. The molecule has 2 atom stereocenters. The summed E-state index contributed by atoms with van der Waals surface area (Å²) in [5.41, 5.74) is 6.32. The summed E-state index contributed by atoms with van der Waals surface area (Å²) >= 11 is 0. The zero-order valence-corrected chi connectivity index (χ0v) is 11.4. The van der Waals surface area contributed by atoms with E-state index < -0.39 is 0 Å². The van der Waals surface area contributed by atoms with E-state index in [0.29, 0.717) is 24.8 Å².